The molecule has 0 unspecified atom stereocenters. The Kier molecular flexibility index (Phi) is 5.24. The predicted octanol–water partition coefficient (Wildman–Crippen LogP) is 3.22. The van der Waals surface area contributed by atoms with Gasteiger partial charge < -0.3 is 10.6 Å². The fourth-order valence-corrected chi connectivity index (χ4v) is 3.42. The van der Waals surface area contributed by atoms with E-state index in [1.807, 2.05) is 18.2 Å². The number of primary amides is 1. The average Bonchev–Trinajstić information content (AvgIpc) is 2.67. The largest absolute Gasteiger partial charge is 0.369 e. The van der Waals surface area contributed by atoms with Gasteiger partial charge in [-0.15, -0.1) is 0 Å². The van der Waals surface area contributed by atoms with E-state index >= 15 is 0 Å². The molecular weight excluding hydrogens is 350 g/mol. The number of likely N-dealkylation sites (tertiary alicyclic amines) is 1. The Hall–Kier alpha value is -2.84. The van der Waals surface area contributed by atoms with Crippen molar-refractivity contribution in [3.8, 4) is 17.2 Å². The van der Waals surface area contributed by atoms with Crippen LogP contribution in [0, 0.1) is 17.2 Å². The number of nitriles is 1. The lowest BCUT2D eigenvalue weighted by atomic mass is 9.96. The monoisotopic (exact) mass is 367 g/mol. The molecule has 0 aliphatic carbocycles. The summed E-state index contributed by atoms with van der Waals surface area (Å²) in [5.74, 6) is -0.755. The molecule has 0 aromatic heterocycles. The normalized spacial score (nSPS) is 16.8. The molecule has 2 aromatic carbocycles. The smallest absolute Gasteiger partial charge is 0.253 e. The van der Waals surface area contributed by atoms with Crippen LogP contribution >= 0.6 is 11.6 Å². The van der Waals surface area contributed by atoms with E-state index < -0.39 is 0 Å². The van der Waals surface area contributed by atoms with Crippen molar-refractivity contribution in [2.45, 2.75) is 12.8 Å². The summed E-state index contributed by atoms with van der Waals surface area (Å²) in [6.07, 6.45) is 1.49. The van der Waals surface area contributed by atoms with Gasteiger partial charge in [0.1, 0.15) is 6.07 Å². The van der Waals surface area contributed by atoms with Crippen molar-refractivity contribution < 1.29 is 9.59 Å². The number of carbonyl (C=O) groups is 2. The molecule has 0 saturated carbocycles. The first-order valence-electron chi connectivity index (χ1n) is 8.38. The highest BCUT2D eigenvalue weighted by Crippen LogP contribution is 2.27. The van der Waals surface area contributed by atoms with Crippen LogP contribution in [-0.4, -0.2) is 29.8 Å². The van der Waals surface area contributed by atoms with Crippen molar-refractivity contribution in [3.63, 3.8) is 0 Å². The van der Waals surface area contributed by atoms with Crippen LogP contribution in [0.5, 0.6) is 0 Å². The Balaban J connectivity index is 1.85. The highest BCUT2D eigenvalue weighted by Gasteiger charge is 2.27. The van der Waals surface area contributed by atoms with Crippen LogP contribution in [0.1, 0.15) is 28.8 Å². The van der Waals surface area contributed by atoms with E-state index in [0.717, 1.165) is 24.0 Å². The van der Waals surface area contributed by atoms with E-state index in [1.54, 1.807) is 35.2 Å². The third-order valence-electron chi connectivity index (χ3n) is 4.64. The van der Waals surface area contributed by atoms with E-state index in [4.69, 9.17) is 22.6 Å². The Bertz CT molecular complexity index is 904. The first-order chi connectivity index (χ1) is 12.5. The van der Waals surface area contributed by atoms with Crippen molar-refractivity contribution >= 4 is 23.4 Å². The summed E-state index contributed by atoms with van der Waals surface area (Å²) in [5.41, 5.74) is 8.02. The molecule has 2 N–H and O–H groups in total. The highest BCUT2D eigenvalue weighted by atomic mass is 35.5. The van der Waals surface area contributed by atoms with Gasteiger partial charge in [-0.25, -0.2) is 0 Å². The number of hydrogen-bond acceptors (Lipinski definition) is 3. The van der Waals surface area contributed by atoms with Gasteiger partial charge in [-0.1, -0.05) is 29.8 Å². The molecule has 132 valence electrons. The van der Waals surface area contributed by atoms with Gasteiger partial charge in [-0.3, -0.25) is 9.59 Å². The lowest BCUT2D eigenvalue weighted by Crippen LogP contribution is -2.44. The maximum Gasteiger partial charge on any atom is 0.253 e. The third-order valence-corrected chi connectivity index (χ3v) is 4.96. The maximum absolute atomic E-state index is 12.8. The van der Waals surface area contributed by atoms with Crippen LogP contribution < -0.4 is 5.73 Å². The van der Waals surface area contributed by atoms with Crippen molar-refractivity contribution in [1.82, 2.24) is 4.90 Å². The maximum atomic E-state index is 12.8. The minimum absolute atomic E-state index is 0.113. The van der Waals surface area contributed by atoms with Crippen LogP contribution in [0.2, 0.25) is 5.02 Å². The van der Waals surface area contributed by atoms with Crippen LogP contribution in [0.25, 0.3) is 11.1 Å². The summed E-state index contributed by atoms with van der Waals surface area (Å²) in [6, 6.07) is 14.5. The van der Waals surface area contributed by atoms with Gasteiger partial charge in [-0.2, -0.15) is 5.26 Å². The number of nitrogens with two attached hydrogens (primary N) is 1. The number of benzene rings is 2. The van der Waals surface area contributed by atoms with E-state index in [9.17, 15) is 9.59 Å². The van der Waals surface area contributed by atoms with Gasteiger partial charge in [0.2, 0.25) is 5.91 Å². The van der Waals surface area contributed by atoms with Gasteiger partial charge in [0.15, 0.2) is 0 Å². The number of hydrogen-bond donors (Lipinski definition) is 1. The van der Waals surface area contributed by atoms with Crippen LogP contribution in [0.4, 0.5) is 0 Å². The molecule has 2 aromatic rings. The van der Waals surface area contributed by atoms with E-state index in [0.29, 0.717) is 29.2 Å². The predicted molar refractivity (Wildman–Crippen MR) is 99.4 cm³/mol. The highest BCUT2D eigenvalue weighted by molar-refractivity contribution is 6.32. The Morgan fingerprint density at radius 3 is 2.65 bits per heavy atom. The number of carbonyl (C=O) groups excluding carboxylic acids is 2. The standard InChI is InChI=1S/C20H18ClN3O2/c21-18-10-14(6-7-16(18)11-22)13-3-1-4-15(9-13)20(26)24-8-2-5-17(12-24)19(23)25/h1,3-4,6-7,9-10,17H,2,5,8,12H2,(H2,23,25)/t17-/m0/s1. The SMILES string of the molecule is N#Cc1ccc(-c2cccc(C(=O)N3CCC[C@H](C(N)=O)C3)c2)cc1Cl. The average molecular weight is 368 g/mol. The first kappa shape index (κ1) is 18.0. The topological polar surface area (TPSA) is 87.2 Å². The zero-order valence-corrected chi connectivity index (χ0v) is 14.9. The molecule has 26 heavy (non-hydrogen) atoms. The van der Waals surface area contributed by atoms with Crippen LogP contribution in [-0.2, 0) is 4.79 Å². The van der Waals surface area contributed by atoms with Crippen molar-refractivity contribution in [2.75, 3.05) is 13.1 Å². The second-order valence-corrected chi connectivity index (χ2v) is 6.79. The number of nitrogens with zero attached hydrogens (tertiary/aromatic N) is 2. The Labute approximate surface area is 157 Å². The van der Waals surface area contributed by atoms with Crippen molar-refractivity contribution in [2.24, 2.45) is 11.7 Å². The number of piperidine rings is 1. The summed E-state index contributed by atoms with van der Waals surface area (Å²) in [5, 5.41) is 9.36. The van der Waals surface area contributed by atoms with E-state index in [2.05, 4.69) is 0 Å². The molecule has 2 amide bonds. The summed E-state index contributed by atoms with van der Waals surface area (Å²) in [4.78, 5) is 25.9. The first-order valence-corrected chi connectivity index (χ1v) is 8.76. The molecule has 1 aliphatic heterocycles. The van der Waals surface area contributed by atoms with Gasteiger partial charge in [0.05, 0.1) is 16.5 Å². The molecule has 1 heterocycles. The van der Waals surface area contributed by atoms with Gasteiger partial charge in [-0.05, 0) is 48.2 Å². The lowest BCUT2D eigenvalue weighted by molar-refractivity contribution is -0.123. The van der Waals surface area contributed by atoms with E-state index in [-0.39, 0.29) is 17.7 Å². The third kappa shape index (κ3) is 3.71. The second kappa shape index (κ2) is 7.59. The van der Waals surface area contributed by atoms with E-state index in [1.165, 1.54) is 0 Å². The van der Waals surface area contributed by atoms with Crippen LogP contribution in [0.3, 0.4) is 0 Å². The molecule has 0 radical (unpaired) electrons. The fraction of sp³-hybridized carbons (Fsp3) is 0.250. The zero-order chi connectivity index (χ0) is 18.7. The lowest BCUT2D eigenvalue weighted by Gasteiger charge is -2.31. The Morgan fingerprint density at radius 1 is 1.19 bits per heavy atom. The zero-order valence-electron chi connectivity index (χ0n) is 14.1. The number of rotatable bonds is 3. The molecule has 1 aliphatic rings. The number of amides is 2. The summed E-state index contributed by atoms with van der Waals surface area (Å²) in [7, 11) is 0. The molecule has 0 bridgehead atoms. The molecule has 6 heteroatoms. The minimum Gasteiger partial charge on any atom is -0.369 e. The molecule has 1 saturated heterocycles. The molecule has 0 spiro atoms. The summed E-state index contributed by atoms with van der Waals surface area (Å²) in [6.45, 7) is 0.983. The van der Waals surface area contributed by atoms with Crippen LogP contribution in [0.15, 0.2) is 42.5 Å². The molecule has 1 atom stereocenters. The summed E-state index contributed by atoms with van der Waals surface area (Å²) >= 11 is 6.11. The summed E-state index contributed by atoms with van der Waals surface area (Å²) < 4.78 is 0. The van der Waals surface area contributed by atoms with Crippen molar-refractivity contribution in [1.29, 1.82) is 5.26 Å². The second-order valence-electron chi connectivity index (χ2n) is 6.38. The van der Waals surface area contributed by atoms with Gasteiger partial charge in [0, 0.05) is 18.7 Å². The van der Waals surface area contributed by atoms with Gasteiger partial charge in [0.25, 0.3) is 5.91 Å². The minimum atomic E-state index is -0.358. The molecule has 1 fully saturated rings. The molecular formula is C20H18ClN3O2. The van der Waals surface area contributed by atoms with Crippen molar-refractivity contribution in [3.05, 3.63) is 58.6 Å². The Morgan fingerprint density at radius 2 is 1.96 bits per heavy atom. The number of halogens is 1. The molecule has 3 rings (SSSR count). The fourth-order valence-electron chi connectivity index (χ4n) is 3.19. The quantitative estimate of drug-likeness (QED) is 0.903. The molecule has 5 nitrogen and oxygen atoms in total. The van der Waals surface area contributed by atoms with Gasteiger partial charge >= 0.3 is 0 Å².